The lowest BCUT2D eigenvalue weighted by atomic mass is 9.98. The highest BCUT2D eigenvalue weighted by molar-refractivity contribution is 7.89. The summed E-state index contributed by atoms with van der Waals surface area (Å²) in [5.74, 6) is 1.18. The molecule has 0 aliphatic carbocycles. The zero-order valence-electron chi connectivity index (χ0n) is 14.6. The first-order chi connectivity index (χ1) is 11.3. The van der Waals surface area contributed by atoms with Crippen LogP contribution in [0.3, 0.4) is 0 Å². The molecular weight excluding hydrogens is 326 g/mol. The van der Waals surface area contributed by atoms with Crippen LogP contribution in [0.15, 0.2) is 39.8 Å². The van der Waals surface area contributed by atoms with E-state index in [0.29, 0.717) is 18.1 Å². The molecule has 1 heterocycles. The minimum absolute atomic E-state index is 0.105. The minimum Gasteiger partial charge on any atom is -0.492 e. The molecule has 2 rings (SSSR count). The molecule has 24 heavy (non-hydrogen) atoms. The average Bonchev–Trinajstić information content (AvgIpc) is 3.04. The molecule has 0 unspecified atom stereocenters. The number of hydrogen-bond acceptors (Lipinski definition) is 4. The van der Waals surface area contributed by atoms with Crippen LogP contribution >= 0.6 is 0 Å². The van der Waals surface area contributed by atoms with E-state index in [1.54, 1.807) is 18.2 Å². The van der Waals surface area contributed by atoms with Crippen LogP contribution in [-0.4, -0.2) is 15.0 Å². The fourth-order valence-electron chi connectivity index (χ4n) is 2.49. The summed E-state index contributed by atoms with van der Waals surface area (Å²) in [7, 11) is -3.71. The lowest BCUT2D eigenvalue weighted by Crippen LogP contribution is -2.24. The first-order valence-electron chi connectivity index (χ1n) is 8.14. The summed E-state index contributed by atoms with van der Waals surface area (Å²) in [4.78, 5) is 0.178. The molecule has 0 radical (unpaired) electrons. The molecule has 1 N–H and O–H groups in total. The third-order valence-electron chi connectivity index (χ3n) is 3.72. The molecule has 0 spiro atoms. The van der Waals surface area contributed by atoms with Crippen molar-refractivity contribution in [3.05, 3.63) is 47.4 Å². The normalized spacial score (nSPS) is 11.9. The van der Waals surface area contributed by atoms with Crippen LogP contribution in [0.1, 0.15) is 50.0 Å². The summed E-state index contributed by atoms with van der Waals surface area (Å²) < 4.78 is 39.0. The predicted octanol–water partition coefficient (Wildman–Crippen LogP) is 3.98. The van der Waals surface area contributed by atoms with Crippen molar-refractivity contribution in [3.8, 4) is 5.75 Å². The van der Waals surface area contributed by atoms with Gasteiger partial charge in [-0.05, 0) is 54.7 Å². The number of benzene rings is 1. The molecule has 0 bridgehead atoms. The first-order valence-corrected chi connectivity index (χ1v) is 9.63. The maximum absolute atomic E-state index is 12.8. The van der Waals surface area contributed by atoms with Gasteiger partial charge in [0.25, 0.3) is 0 Å². The number of sulfonamides is 1. The summed E-state index contributed by atoms with van der Waals surface area (Å²) in [6, 6.07) is 6.98. The van der Waals surface area contributed by atoms with Crippen LogP contribution in [0.25, 0.3) is 0 Å². The summed E-state index contributed by atoms with van der Waals surface area (Å²) in [6.07, 6.45) is 2.33. The maximum atomic E-state index is 12.8. The number of furan rings is 1. The van der Waals surface area contributed by atoms with Gasteiger partial charge in [0.2, 0.25) is 10.0 Å². The van der Waals surface area contributed by atoms with Crippen LogP contribution in [0, 0.1) is 6.92 Å². The molecule has 0 amide bonds. The summed E-state index contributed by atoms with van der Waals surface area (Å²) in [5.41, 5.74) is 2.03. The second-order valence-corrected chi connectivity index (χ2v) is 7.80. The van der Waals surface area contributed by atoms with Crippen molar-refractivity contribution in [1.82, 2.24) is 4.72 Å². The van der Waals surface area contributed by atoms with Gasteiger partial charge in [0, 0.05) is 0 Å². The number of rotatable bonds is 8. The van der Waals surface area contributed by atoms with Gasteiger partial charge in [0.15, 0.2) is 0 Å². The standard InChI is InChI=1S/C18H25NO4S/c1-5-8-23-17-10-14(4)16(13(2)3)11-18(17)24(20,21)19-12-15-7-6-9-22-15/h6-7,9-11,13,19H,5,8,12H2,1-4H3. The third-order valence-corrected chi connectivity index (χ3v) is 5.14. The lowest BCUT2D eigenvalue weighted by molar-refractivity contribution is 0.308. The Morgan fingerprint density at radius 2 is 2.04 bits per heavy atom. The largest absolute Gasteiger partial charge is 0.492 e. The van der Waals surface area contributed by atoms with Gasteiger partial charge < -0.3 is 9.15 Å². The van der Waals surface area contributed by atoms with Crippen molar-refractivity contribution < 1.29 is 17.6 Å². The maximum Gasteiger partial charge on any atom is 0.244 e. The number of hydrogen-bond donors (Lipinski definition) is 1. The van der Waals surface area contributed by atoms with Crippen molar-refractivity contribution in [1.29, 1.82) is 0 Å². The van der Waals surface area contributed by atoms with E-state index >= 15 is 0 Å². The molecule has 6 heteroatoms. The van der Waals surface area contributed by atoms with Crippen LogP contribution in [-0.2, 0) is 16.6 Å². The van der Waals surface area contributed by atoms with E-state index in [9.17, 15) is 8.42 Å². The Morgan fingerprint density at radius 3 is 2.62 bits per heavy atom. The van der Waals surface area contributed by atoms with Crippen LogP contribution in [0.5, 0.6) is 5.75 Å². The van der Waals surface area contributed by atoms with E-state index in [0.717, 1.165) is 17.5 Å². The molecular formula is C18H25NO4S. The number of nitrogens with one attached hydrogen (secondary N) is 1. The molecule has 1 aromatic carbocycles. The van der Waals surface area contributed by atoms with Gasteiger partial charge in [-0.15, -0.1) is 0 Å². The Balaban J connectivity index is 2.38. The summed E-state index contributed by atoms with van der Waals surface area (Å²) in [6.45, 7) is 8.62. The Morgan fingerprint density at radius 1 is 1.29 bits per heavy atom. The highest BCUT2D eigenvalue weighted by atomic mass is 32.2. The molecule has 0 atom stereocenters. The van der Waals surface area contributed by atoms with Gasteiger partial charge in [-0.1, -0.05) is 20.8 Å². The van der Waals surface area contributed by atoms with Crippen molar-refractivity contribution in [3.63, 3.8) is 0 Å². The second kappa shape index (κ2) is 7.85. The first kappa shape index (κ1) is 18.5. The molecule has 132 valence electrons. The minimum atomic E-state index is -3.71. The Labute approximate surface area is 144 Å². The molecule has 0 aliphatic heterocycles. The van der Waals surface area contributed by atoms with Gasteiger partial charge in [-0.3, -0.25) is 0 Å². The molecule has 5 nitrogen and oxygen atoms in total. The van der Waals surface area contributed by atoms with E-state index in [4.69, 9.17) is 9.15 Å². The van der Waals surface area contributed by atoms with Crippen molar-refractivity contribution in [2.45, 2.75) is 51.5 Å². The quantitative estimate of drug-likeness (QED) is 0.781. The van der Waals surface area contributed by atoms with E-state index in [1.807, 2.05) is 33.8 Å². The monoisotopic (exact) mass is 351 g/mol. The lowest BCUT2D eigenvalue weighted by Gasteiger charge is -2.17. The zero-order chi connectivity index (χ0) is 17.7. The van der Waals surface area contributed by atoms with Crippen molar-refractivity contribution in [2.24, 2.45) is 0 Å². The topological polar surface area (TPSA) is 68.5 Å². The number of ether oxygens (including phenoxy) is 1. The predicted molar refractivity (Wildman–Crippen MR) is 93.8 cm³/mol. The second-order valence-electron chi connectivity index (χ2n) is 6.06. The Kier molecular flexibility index (Phi) is 6.07. The number of aryl methyl sites for hydroxylation is 1. The van der Waals surface area contributed by atoms with E-state index in [2.05, 4.69) is 4.72 Å². The SMILES string of the molecule is CCCOc1cc(C)c(C(C)C)cc1S(=O)(=O)NCc1ccco1. The van der Waals surface area contributed by atoms with E-state index in [1.165, 1.54) is 6.26 Å². The fourth-order valence-corrected chi connectivity index (χ4v) is 3.64. The summed E-state index contributed by atoms with van der Waals surface area (Å²) >= 11 is 0. The highest BCUT2D eigenvalue weighted by Gasteiger charge is 2.22. The molecule has 0 saturated carbocycles. The molecule has 1 aromatic heterocycles. The molecule has 2 aromatic rings. The average molecular weight is 351 g/mol. The fraction of sp³-hybridized carbons (Fsp3) is 0.444. The van der Waals surface area contributed by atoms with Crippen LogP contribution < -0.4 is 9.46 Å². The third kappa shape index (κ3) is 4.39. The molecule has 0 fully saturated rings. The van der Waals surface area contributed by atoms with Crippen molar-refractivity contribution in [2.75, 3.05) is 6.61 Å². The molecule has 0 aliphatic rings. The Bertz CT molecular complexity index is 765. The Hall–Kier alpha value is -1.79. The van der Waals surface area contributed by atoms with E-state index in [-0.39, 0.29) is 17.4 Å². The zero-order valence-corrected chi connectivity index (χ0v) is 15.4. The summed E-state index contributed by atoms with van der Waals surface area (Å²) in [5, 5.41) is 0. The van der Waals surface area contributed by atoms with Gasteiger partial charge in [-0.2, -0.15) is 0 Å². The molecule has 0 saturated heterocycles. The van der Waals surface area contributed by atoms with Crippen LogP contribution in [0.2, 0.25) is 0 Å². The van der Waals surface area contributed by atoms with Gasteiger partial charge in [-0.25, -0.2) is 13.1 Å². The van der Waals surface area contributed by atoms with Gasteiger partial charge in [0.05, 0.1) is 19.4 Å². The highest BCUT2D eigenvalue weighted by Crippen LogP contribution is 2.31. The van der Waals surface area contributed by atoms with Crippen molar-refractivity contribution >= 4 is 10.0 Å². The van der Waals surface area contributed by atoms with Gasteiger partial charge >= 0.3 is 0 Å². The van der Waals surface area contributed by atoms with Gasteiger partial charge in [0.1, 0.15) is 16.4 Å². The smallest absolute Gasteiger partial charge is 0.244 e. The van der Waals surface area contributed by atoms with E-state index < -0.39 is 10.0 Å². The van der Waals surface area contributed by atoms with Crippen LogP contribution in [0.4, 0.5) is 0 Å².